The number of rotatable bonds is 0. The van der Waals surface area contributed by atoms with Crippen molar-refractivity contribution >= 4 is 24.0 Å². The summed E-state index contributed by atoms with van der Waals surface area (Å²) in [5.74, 6) is 0. The van der Waals surface area contributed by atoms with Crippen LogP contribution in [-0.4, -0.2) is 9.97 Å². The van der Waals surface area contributed by atoms with Crippen molar-refractivity contribution in [3.05, 3.63) is 60.1 Å². The lowest BCUT2D eigenvalue weighted by atomic mass is 10.5. The molecule has 0 aliphatic heterocycles. The van der Waals surface area contributed by atoms with Gasteiger partial charge >= 0.3 is 0 Å². The van der Waals surface area contributed by atoms with Crippen LogP contribution in [0.5, 0.6) is 0 Å². The maximum atomic E-state index is 5.50. The van der Waals surface area contributed by atoms with E-state index in [-0.39, 0.29) is 12.4 Å². The van der Waals surface area contributed by atoms with Crippen LogP contribution >= 0.6 is 24.0 Å². The van der Waals surface area contributed by atoms with Gasteiger partial charge in [-0.2, -0.15) is 0 Å². The average Bonchev–Trinajstić information content (AvgIpc) is 2.22. The van der Waals surface area contributed by atoms with Gasteiger partial charge in [0.15, 0.2) is 0 Å². The van der Waals surface area contributed by atoms with E-state index in [1.165, 1.54) is 0 Å². The Hall–Kier alpha value is -1.12. The largest absolute Gasteiger partial charge is 0.265 e. The minimum atomic E-state index is 0. The van der Waals surface area contributed by atoms with Gasteiger partial charge in [-0.3, -0.25) is 9.97 Å². The van der Waals surface area contributed by atoms with Crippen LogP contribution in [0.15, 0.2) is 55.1 Å². The number of halogens is 2. The molecule has 2 rings (SSSR count). The second-order valence-corrected chi connectivity index (χ2v) is 2.63. The van der Waals surface area contributed by atoms with Crippen LogP contribution in [0.25, 0.3) is 0 Å². The predicted octanol–water partition coefficient (Wildman–Crippen LogP) is 3.24. The van der Waals surface area contributed by atoms with Crippen LogP contribution in [0.2, 0.25) is 5.02 Å². The van der Waals surface area contributed by atoms with E-state index >= 15 is 0 Å². The zero-order valence-corrected chi connectivity index (χ0v) is 8.95. The fraction of sp³-hybridized carbons (Fsp3) is 0. The van der Waals surface area contributed by atoms with Gasteiger partial charge in [-0.05, 0) is 24.3 Å². The molecule has 14 heavy (non-hydrogen) atoms. The molecule has 2 nitrogen and oxygen atoms in total. The lowest BCUT2D eigenvalue weighted by Crippen LogP contribution is -1.63. The standard InChI is InChI=1S/C5H4ClN.C5H5N.ClH/c6-5-1-3-7-4-2-5;1-2-4-6-5-3-1;/h1-4H;1-5H;1H. The summed E-state index contributed by atoms with van der Waals surface area (Å²) in [6.07, 6.45) is 6.81. The molecule has 2 heterocycles. The Morgan fingerprint density at radius 2 is 1.29 bits per heavy atom. The third-order valence-electron chi connectivity index (χ3n) is 1.21. The van der Waals surface area contributed by atoms with Crippen molar-refractivity contribution < 1.29 is 0 Å². The molecular weight excluding hydrogens is 219 g/mol. The first kappa shape index (κ1) is 12.9. The zero-order valence-electron chi connectivity index (χ0n) is 7.38. The fourth-order valence-electron chi connectivity index (χ4n) is 0.646. The fourth-order valence-corrected chi connectivity index (χ4v) is 0.759. The highest BCUT2D eigenvalue weighted by atomic mass is 35.5. The maximum Gasteiger partial charge on any atom is 0.0436 e. The molecule has 0 bridgehead atoms. The highest BCUT2D eigenvalue weighted by Crippen LogP contribution is 2.01. The highest BCUT2D eigenvalue weighted by molar-refractivity contribution is 6.30. The molecule has 2 aromatic rings. The second kappa shape index (κ2) is 8.48. The Morgan fingerprint density at radius 3 is 1.50 bits per heavy atom. The predicted molar refractivity (Wildman–Crippen MR) is 60.7 cm³/mol. The molecule has 0 saturated carbocycles. The Morgan fingerprint density at radius 1 is 0.786 bits per heavy atom. The van der Waals surface area contributed by atoms with Crippen molar-refractivity contribution in [1.82, 2.24) is 9.97 Å². The van der Waals surface area contributed by atoms with E-state index in [4.69, 9.17) is 11.6 Å². The van der Waals surface area contributed by atoms with Gasteiger partial charge < -0.3 is 0 Å². The van der Waals surface area contributed by atoms with Gasteiger partial charge in [0.05, 0.1) is 0 Å². The van der Waals surface area contributed by atoms with Gasteiger partial charge in [0, 0.05) is 29.8 Å². The van der Waals surface area contributed by atoms with Gasteiger partial charge in [-0.25, -0.2) is 0 Å². The summed E-state index contributed by atoms with van der Waals surface area (Å²) in [5.41, 5.74) is 0. The van der Waals surface area contributed by atoms with E-state index in [0.717, 1.165) is 5.02 Å². The Labute approximate surface area is 94.4 Å². The third kappa shape index (κ3) is 6.40. The maximum absolute atomic E-state index is 5.50. The van der Waals surface area contributed by atoms with Gasteiger partial charge in [0.2, 0.25) is 0 Å². The van der Waals surface area contributed by atoms with Crippen LogP contribution in [0, 0.1) is 0 Å². The minimum absolute atomic E-state index is 0. The summed E-state index contributed by atoms with van der Waals surface area (Å²) in [4.78, 5) is 7.55. The van der Waals surface area contributed by atoms with Crippen LogP contribution in [0.4, 0.5) is 0 Å². The molecule has 0 radical (unpaired) electrons. The zero-order chi connectivity index (χ0) is 9.36. The molecule has 4 heteroatoms. The first-order chi connectivity index (χ1) is 6.39. The van der Waals surface area contributed by atoms with Crippen molar-refractivity contribution in [3.63, 3.8) is 0 Å². The Bertz CT molecular complexity index is 287. The summed E-state index contributed by atoms with van der Waals surface area (Å²) in [6, 6.07) is 9.19. The van der Waals surface area contributed by atoms with Crippen molar-refractivity contribution in [2.24, 2.45) is 0 Å². The van der Waals surface area contributed by atoms with E-state index in [2.05, 4.69) is 9.97 Å². The minimum Gasteiger partial charge on any atom is -0.265 e. The SMILES string of the molecule is Cl.Clc1ccncc1.c1ccncc1. The summed E-state index contributed by atoms with van der Waals surface area (Å²) < 4.78 is 0. The topological polar surface area (TPSA) is 25.8 Å². The van der Waals surface area contributed by atoms with Crippen LogP contribution in [-0.2, 0) is 0 Å². The summed E-state index contributed by atoms with van der Waals surface area (Å²) >= 11 is 5.50. The first-order valence-electron chi connectivity index (χ1n) is 3.80. The molecule has 2 aromatic heterocycles. The van der Waals surface area contributed by atoms with E-state index < -0.39 is 0 Å². The number of pyridine rings is 2. The molecule has 0 saturated heterocycles. The van der Waals surface area contributed by atoms with Gasteiger partial charge in [-0.1, -0.05) is 17.7 Å². The van der Waals surface area contributed by atoms with Crippen molar-refractivity contribution in [3.8, 4) is 0 Å². The number of nitrogens with zero attached hydrogens (tertiary/aromatic N) is 2. The monoisotopic (exact) mass is 228 g/mol. The molecular formula is C10H10Cl2N2. The molecule has 0 aromatic carbocycles. The van der Waals surface area contributed by atoms with Crippen molar-refractivity contribution in [2.75, 3.05) is 0 Å². The second-order valence-electron chi connectivity index (χ2n) is 2.19. The molecule has 0 unspecified atom stereocenters. The molecule has 0 aliphatic carbocycles. The molecule has 74 valence electrons. The molecule has 0 aliphatic rings. The van der Waals surface area contributed by atoms with Crippen molar-refractivity contribution in [1.29, 1.82) is 0 Å². The lowest BCUT2D eigenvalue weighted by Gasteiger charge is -1.79. The van der Waals surface area contributed by atoms with Crippen LogP contribution in [0.1, 0.15) is 0 Å². The normalized spacial score (nSPS) is 7.79. The quantitative estimate of drug-likeness (QED) is 0.692. The third-order valence-corrected chi connectivity index (χ3v) is 1.46. The Balaban J connectivity index is 0.000000227. The summed E-state index contributed by atoms with van der Waals surface area (Å²) in [6.45, 7) is 0. The van der Waals surface area contributed by atoms with E-state index in [1.54, 1.807) is 36.9 Å². The van der Waals surface area contributed by atoms with Crippen LogP contribution < -0.4 is 0 Å². The average molecular weight is 229 g/mol. The van der Waals surface area contributed by atoms with E-state index in [1.807, 2.05) is 18.2 Å². The van der Waals surface area contributed by atoms with E-state index in [0.29, 0.717) is 0 Å². The van der Waals surface area contributed by atoms with E-state index in [9.17, 15) is 0 Å². The number of hydrogen-bond donors (Lipinski definition) is 0. The molecule has 0 spiro atoms. The molecule has 0 fully saturated rings. The molecule has 0 N–H and O–H groups in total. The molecule has 0 atom stereocenters. The van der Waals surface area contributed by atoms with Gasteiger partial charge in [0.1, 0.15) is 0 Å². The first-order valence-corrected chi connectivity index (χ1v) is 4.18. The van der Waals surface area contributed by atoms with Gasteiger partial charge in [-0.15, -0.1) is 12.4 Å². The summed E-state index contributed by atoms with van der Waals surface area (Å²) in [7, 11) is 0. The van der Waals surface area contributed by atoms with Crippen molar-refractivity contribution in [2.45, 2.75) is 0 Å². The number of aromatic nitrogens is 2. The van der Waals surface area contributed by atoms with Gasteiger partial charge in [0.25, 0.3) is 0 Å². The molecule has 0 amide bonds. The summed E-state index contributed by atoms with van der Waals surface area (Å²) in [5, 5.41) is 0.731. The Kier molecular flexibility index (Phi) is 7.80. The van der Waals surface area contributed by atoms with Crippen LogP contribution in [0.3, 0.4) is 0 Å². The number of hydrogen-bond acceptors (Lipinski definition) is 2. The highest BCUT2D eigenvalue weighted by Gasteiger charge is 1.75. The smallest absolute Gasteiger partial charge is 0.0436 e. The lowest BCUT2D eigenvalue weighted by molar-refractivity contribution is 1.33.